The summed E-state index contributed by atoms with van der Waals surface area (Å²) in [6.45, 7) is -0.586. The first-order valence-corrected chi connectivity index (χ1v) is 13.7. The van der Waals surface area contributed by atoms with Crippen molar-refractivity contribution >= 4 is 35.8 Å². The van der Waals surface area contributed by atoms with Gasteiger partial charge >= 0.3 is 0 Å². The van der Waals surface area contributed by atoms with Crippen molar-refractivity contribution in [3.05, 3.63) is 73.1 Å². The number of hydrogen-bond donors (Lipinski definition) is 6. The summed E-state index contributed by atoms with van der Waals surface area (Å²) < 4.78 is 89.6. The highest BCUT2D eigenvalue weighted by molar-refractivity contribution is 7.91. The Morgan fingerprint density at radius 3 is 1.91 bits per heavy atom. The van der Waals surface area contributed by atoms with Crippen molar-refractivity contribution in [3.8, 4) is 0 Å². The van der Waals surface area contributed by atoms with Crippen LogP contribution < -0.4 is 26.9 Å². The van der Waals surface area contributed by atoms with Crippen LogP contribution >= 0.6 is 0 Å². The first-order valence-electron chi connectivity index (χ1n) is 9.21. The highest BCUT2D eigenvalue weighted by atomic mass is 32.2. The van der Waals surface area contributed by atoms with Gasteiger partial charge in [-0.2, -0.15) is 21.9 Å². The molecule has 0 unspecified atom stereocenters. The van der Waals surface area contributed by atoms with E-state index < -0.39 is 84.2 Å². The Balaban J connectivity index is 2.29. The van der Waals surface area contributed by atoms with Crippen molar-refractivity contribution in [1.82, 2.24) is 0 Å². The molecule has 0 spiro atoms. The SMILES string of the molecule is N=c1c(S(=O)(=O)O)cc2cc(S(=O)(=O)O)/c(=N/Nc3ccc(S(=O)(=O)CCO)cc3)c(=N)c=2c1=O. The van der Waals surface area contributed by atoms with E-state index in [1.54, 1.807) is 0 Å². The summed E-state index contributed by atoms with van der Waals surface area (Å²) >= 11 is 0. The van der Waals surface area contributed by atoms with Gasteiger partial charge in [0.15, 0.2) is 9.84 Å². The maximum atomic E-state index is 12.6. The predicted molar refractivity (Wildman–Crippen MR) is 116 cm³/mol. The zero-order chi connectivity index (χ0) is 26.3. The molecule has 3 rings (SSSR count). The van der Waals surface area contributed by atoms with Crippen LogP contribution in [0.15, 0.2) is 61.0 Å². The molecule has 1 aromatic carbocycles. The zero-order valence-corrected chi connectivity index (χ0v) is 19.7. The minimum absolute atomic E-state index is 0.110. The van der Waals surface area contributed by atoms with Gasteiger partial charge < -0.3 is 5.11 Å². The smallest absolute Gasteiger partial charge is 0.296 e. The zero-order valence-electron chi connectivity index (χ0n) is 17.2. The first-order chi connectivity index (χ1) is 16.1. The second-order valence-electron chi connectivity index (χ2n) is 7.02. The summed E-state index contributed by atoms with van der Waals surface area (Å²) in [7, 11) is -13.8. The van der Waals surface area contributed by atoms with E-state index >= 15 is 0 Å². The topological polar surface area (TPSA) is 252 Å². The number of benzene rings is 1. The second kappa shape index (κ2) is 9.02. The first kappa shape index (κ1) is 26.3. The summed E-state index contributed by atoms with van der Waals surface area (Å²) in [5.74, 6) is -0.504. The van der Waals surface area contributed by atoms with Gasteiger partial charge in [0, 0.05) is 0 Å². The molecular weight excluding hydrogens is 528 g/mol. The van der Waals surface area contributed by atoms with E-state index in [1.807, 2.05) is 0 Å². The predicted octanol–water partition coefficient (Wildman–Crippen LogP) is -2.21. The van der Waals surface area contributed by atoms with Crippen molar-refractivity contribution in [2.45, 2.75) is 14.7 Å². The van der Waals surface area contributed by atoms with Crippen LogP contribution in [0.2, 0.25) is 0 Å². The molecule has 0 atom stereocenters. The molecule has 186 valence electrons. The summed E-state index contributed by atoms with van der Waals surface area (Å²) in [5, 5.41) is 24.7. The van der Waals surface area contributed by atoms with E-state index in [9.17, 15) is 39.2 Å². The summed E-state index contributed by atoms with van der Waals surface area (Å²) in [4.78, 5) is 10.3. The van der Waals surface area contributed by atoms with E-state index in [0.717, 1.165) is 0 Å². The van der Waals surface area contributed by atoms with Crippen molar-refractivity contribution in [3.63, 3.8) is 0 Å². The number of rotatable bonds is 7. The molecule has 0 amide bonds. The molecule has 17 heteroatoms. The van der Waals surface area contributed by atoms with Crippen LogP contribution in [-0.4, -0.2) is 51.8 Å². The van der Waals surface area contributed by atoms with Gasteiger partial charge in [-0.25, -0.2) is 8.42 Å². The van der Waals surface area contributed by atoms with Crippen molar-refractivity contribution in [2.75, 3.05) is 17.8 Å². The summed E-state index contributed by atoms with van der Waals surface area (Å²) in [5.41, 5.74) is 1.16. The number of aliphatic hydroxyl groups excluding tert-OH is 1. The highest BCUT2D eigenvalue weighted by Crippen LogP contribution is 2.15. The molecule has 6 N–H and O–H groups in total. The molecule has 2 aliphatic rings. The molecule has 0 aromatic heterocycles. The van der Waals surface area contributed by atoms with Gasteiger partial charge in [0.1, 0.15) is 20.5 Å². The minimum Gasteiger partial charge on any atom is -0.395 e. The lowest BCUT2D eigenvalue weighted by Gasteiger charge is -2.06. The van der Waals surface area contributed by atoms with Crippen LogP contribution in [-0.2, 0) is 30.1 Å². The van der Waals surface area contributed by atoms with Gasteiger partial charge in [0.2, 0.25) is 5.43 Å². The molecule has 1 aromatic rings. The quantitative estimate of drug-likeness (QED) is 0.137. The fourth-order valence-electron chi connectivity index (χ4n) is 3.08. The van der Waals surface area contributed by atoms with Gasteiger partial charge in [0.05, 0.1) is 33.5 Å². The fraction of sp³-hybridized carbons (Fsp3) is 0.111. The van der Waals surface area contributed by atoms with Crippen LogP contribution in [0.5, 0.6) is 0 Å². The van der Waals surface area contributed by atoms with Gasteiger partial charge in [-0.15, -0.1) is 0 Å². The fourth-order valence-corrected chi connectivity index (χ4v) is 5.40. The van der Waals surface area contributed by atoms with Crippen LogP contribution in [0, 0.1) is 21.3 Å². The molecule has 2 aliphatic carbocycles. The Morgan fingerprint density at radius 1 is 0.857 bits per heavy atom. The lowest BCUT2D eigenvalue weighted by molar-refractivity contribution is 0.319. The van der Waals surface area contributed by atoms with Gasteiger partial charge in [-0.05, 0) is 41.6 Å². The molecule has 0 heterocycles. The number of nitrogens with one attached hydrogen (secondary N) is 3. The highest BCUT2D eigenvalue weighted by Gasteiger charge is 2.21. The third-order valence-corrected chi connectivity index (χ3v) is 8.16. The van der Waals surface area contributed by atoms with Crippen molar-refractivity contribution in [1.29, 1.82) is 10.8 Å². The largest absolute Gasteiger partial charge is 0.395 e. The summed E-state index contributed by atoms with van der Waals surface area (Å²) in [6, 6.07) is 6.10. The van der Waals surface area contributed by atoms with E-state index in [0.29, 0.717) is 12.1 Å². The van der Waals surface area contributed by atoms with Crippen LogP contribution in [0.25, 0.3) is 0 Å². The van der Waals surface area contributed by atoms with Gasteiger partial charge in [-0.3, -0.25) is 30.1 Å². The van der Waals surface area contributed by atoms with Crippen LogP contribution in [0.3, 0.4) is 0 Å². The van der Waals surface area contributed by atoms with E-state index in [-0.39, 0.29) is 10.6 Å². The second-order valence-corrected chi connectivity index (χ2v) is 11.9. The molecule has 0 radical (unpaired) electrons. The Bertz CT molecular complexity index is 1950. The van der Waals surface area contributed by atoms with Crippen molar-refractivity contribution in [2.24, 2.45) is 5.10 Å². The molecule has 35 heavy (non-hydrogen) atoms. The van der Waals surface area contributed by atoms with Crippen LogP contribution in [0.1, 0.15) is 0 Å². The Morgan fingerprint density at radius 2 is 1.40 bits per heavy atom. The molecular formula is C18H16N4O10S3. The molecule has 0 saturated heterocycles. The number of anilines is 1. The molecule has 0 fully saturated rings. The molecule has 0 bridgehead atoms. The number of sulfone groups is 1. The maximum absolute atomic E-state index is 12.6. The third kappa shape index (κ3) is 5.19. The van der Waals surface area contributed by atoms with Crippen LogP contribution in [0.4, 0.5) is 5.69 Å². The molecule has 14 nitrogen and oxygen atoms in total. The van der Waals surface area contributed by atoms with Crippen molar-refractivity contribution < 1.29 is 39.5 Å². The number of hydrogen-bond acceptors (Lipinski definition) is 12. The maximum Gasteiger partial charge on any atom is 0.296 e. The molecule has 0 saturated carbocycles. The Hall–Kier alpha value is -3.35. The third-order valence-electron chi connectivity index (χ3n) is 4.71. The standard InChI is InChI=1S/C18H16N4O10S3/c19-15-12(34(27,28)29)7-9-8-13(35(30,31)32)17(16(20)14(9)18(15)24)22-21-10-1-3-11(4-2-10)33(25,26)6-5-23/h1-4,7-8,19-21,23H,5-6H2,(H,27,28,29)(H,30,31,32)/b19-15?,20-16?,22-17-. The minimum atomic E-state index is -5.07. The van der Waals surface area contributed by atoms with Gasteiger partial charge in [0.25, 0.3) is 20.2 Å². The summed E-state index contributed by atoms with van der Waals surface area (Å²) in [6.07, 6.45) is 0. The number of nitrogens with zero attached hydrogens (tertiary/aromatic N) is 1. The average molecular weight is 545 g/mol. The average Bonchev–Trinajstić information content (AvgIpc) is 2.74. The lowest BCUT2D eigenvalue weighted by Crippen LogP contribution is -2.40. The normalized spacial score (nSPS) is 13.3. The Labute approximate surface area is 196 Å². The van der Waals surface area contributed by atoms with E-state index in [1.165, 1.54) is 24.3 Å². The lowest BCUT2D eigenvalue weighted by atomic mass is 10.1. The monoisotopic (exact) mass is 544 g/mol. The van der Waals surface area contributed by atoms with E-state index in [2.05, 4.69) is 10.5 Å². The van der Waals surface area contributed by atoms with E-state index in [4.69, 9.17) is 15.9 Å². The number of aliphatic hydroxyl groups is 1. The molecule has 0 aliphatic heterocycles. The Kier molecular flexibility index (Phi) is 6.77. The van der Waals surface area contributed by atoms with Gasteiger partial charge in [-0.1, -0.05) is 0 Å².